The second kappa shape index (κ2) is 8.71. The van der Waals surface area contributed by atoms with Crippen LogP contribution in [0.4, 0.5) is 5.95 Å². The summed E-state index contributed by atoms with van der Waals surface area (Å²) in [7, 11) is -3.24. The summed E-state index contributed by atoms with van der Waals surface area (Å²) in [6.07, 6.45) is 7.86. The van der Waals surface area contributed by atoms with E-state index in [1.165, 1.54) is 18.7 Å². The van der Waals surface area contributed by atoms with Crippen LogP contribution in [-0.4, -0.2) is 55.8 Å². The Bertz CT molecular complexity index is 967. The maximum Gasteiger partial charge on any atom is 0.266 e. The molecule has 0 bridgehead atoms. The molecular formula is C20H26N4O5S. The summed E-state index contributed by atoms with van der Waals surface area (Å²) >= 11 is 0. The first-order valence-electron chi connectivity index (χ1n) is 10.2. The molecule has 0 aromatic carbocycles. The highest BCUT2D eigenvalue weighted by atomic mass is 32.2. The largest absolute Gasteiger partial charge is 0.478 e. The molecule has 1 saturated carbocycles. The van der Waals surface area contributed by atoms with Crippen molar-refractivity contribution < 1.29 is 22.5 Å². The second-order valence-electron chi connectivity index (χ2n) is 8.08. The van der Waals surface area contributed by atoms with Gasteiger partial charge in [0.2, 0.25) is 11.8 Å². The van der Waals surface area contributed by atoms with E-state index in [9.17, 15) is 13.2 Å². The molecule has 0 amide bonds. The minimum absolute atomic E-state index is 0.159. The van der Waals surface area contributed by atoms with Crippen molar-refractivity contribution in [2.24, 2.45) is 17.8 Å². The number of rotatable bonds is 9. The number of sulfone groups is 1. The Morgan fingerprint density at radius 2 is 2.10 bits per heavy atom. The number of carbonyl (C=O) groups excluding carboxylic acids is 1. The number of aldehydes is 1. The fraction of sp³-hybridized carbons (Fsp3) is 0.600. The molecule has 2 aromatic rings. The molecule has 2 aromatic heterocycles. The Hall–Kier alpha value is -2.49. The minimum atomic E-state index is -3.24. The number of aromatic nitrogens is 3. The van der Waals surface area contributed by atoms with Crippen molar-refractivity contribution >= 4 is 22.1 Å². The van der Waals surface area contributed by atoms with Gasteiger partial charge >= 0.3 is 0 Å². The van der Waals surface area contributed by atoms with Gasteiger partial charge in [-0.15, -0.1) is 0 Å². The summed E-state index contributed by atoms with van der Waals surface area (Å²) in [4.78, 5) is 21.2. The summed E-state index contributed by atoms with van der Waals surface area (Å²) in [5, 5.41) is 3.97. The van der Waals surface area contributed by atoms with Crippen LogP contribution in [0.1, 0.15) is 31.6 Å². The first kappa shape index (κ1) is 20.8. The van der Waals surface area contributed by atoms with Crippen LogP contribution in [0.2, 0.25) is 0 Å². The van der Waals surface area contributed by atoms with Crippen LogP contribution in [0.5, 0.6) is 5.88 Å². The molecule has 4 rings (SSSR count). The van der Waals surface area contributed by atoms with Gasteiger partial charge in [0.1, 0.15) is 6.29 Å². The van der Waals surface area contributed by atoms with Gasteiger partial charge in [0.15, 0.2) is 9.84 Å². The summed E-state index contributed by atoms with van der Waals surface area (Å²) in [5.74, 6) is 3.54. The molecule has 0 radical (unpaired) electrons. The lowest BCUT2D eigenvalue weighted by molar-refractivity contribution is -0.107. The molecule has 1 aliphatic heterocycles. The number of carbonyl (C=O) groups is 1. The highest BCUT2D eigenvalue weighted by molar-refractivity contribution is 7.90. The molecule has 2 fully saturated rings. The molecule has 0 unspecified atom stereocenters. The van der Waals surface area contributed by atoms with Crippen LogP contribution in [-0.2, 0) is 21.1 Å². The molecule has 9 nitrogen and oxygen atoms in total. The van der Waals surface area contributed by atoms with E-state index in [2.05, 4.69) is 20.0 Å². The zero-order chi connectivity index (χ0) is 21.1. The lowest BCUT2D eigenvalue weighted by atomic mass is 9.90. The summed E-state index contributed by atoms with van der Waals surface area (Å²) in [6.45, 7) is 2.40. The maximum atomic E-state index is 11.5. The lowest BCUT2D eigenvalue weighted by Gasteiger charge is -2.31. The van der Waals surface area contributed by atoms with Crippen LogP contribution >= 0.6 is 0 Å². The SMILES string of the molecule is CS(=O)(=O)c1ccc(OCC[C@@H]2C[C@@H]2C2CCN(c3noc(CC=O)n3)CC2)nc1. The highest BCUT2D eigenvalue weighted by Crippen LogP contribution is 2.49. The van der Waals surface area contributed by atoms with E-state index in [-0.39, 0.29) is 11.3 Å². The highest BCUT2D eigenvalue weighted by Gasteiger charge is 2.43. The zero-order valence-corrected chi connectivity index (χ0v) is 17.8. The van der Waals surface area contributed by atoms with Crippen molar-refractivity contribution in [3.05, 3.63) is 24.2 Å². The second-order valence-corrected chi connectivity index (χ2v) is 10.1. The predicted octanol–water partition coefficient (Wildman–Crippen LogP) is 1.93. The van der Waals surface area contributed by atoms with Gasteiger partial charge in [-0.2, -0.15) is 4.98 Å². The lowest BCUT2D eigenvalue weighted by Crippen LogP contribution is -2.35. The number of piperidine rings is 1. The van der Waals surface area contributed by atoms with E-state index >= 15 is 0 Å². The summed E-state index contributed by atoms with van der Waals surface area (Å²) in [6, 6.07) is 3.13. The van der Waals surface area contributed by atoms with Crippen LogP contribution in [0.25, 0.3) is 0 Å². The normalized spacial score (nSPS) is 22.1. The average Bonchev–Trinajstić information content (AvgIpc) is 3.35. The van der Waals surface area contributed by atoms with Gasteiger partial charge in [0.25, 0.3) is 5.95 Å². The van der Waals surface area contributed by atoms with E-state index in [4.69, 9.17) is 9.26 Å². The number of hydrogen-bond acceptors (Lipinski definition) is 9. The van der Waals surface area contributed by atoms with Crippen molar-refractivity contribution in [2.75, 3.05) is 30.9 Å². The Morgan fingerprint density at radius 1 is 1.30 bits per heavy atom. The predicted molar refractivity (Wildman–Crippen MR) is 108 cm³/mol. The molecule has 10 heteroatoms. The van der Waals surface area contributed by atoms with E-state index in [1.54, 1.807) is 6.07 Å². The number of hydrogen-bond donors (Lipinski definition) is 0. The standard InChI is InChI=1S/C20H26N4O5S/c1-30(26,27)16-2-3-18(21-13-16)28-11-7-15-12-17(15)14-4-8-24(9-5-14)20-22-19(6-10-25)29-23-20/h2-3,10,13-15,17H,4-9,11-12H2,1H3/t15-,17-/m1/s1. The quantitative estimate of drug-likeness (QED) is 0.546. The van der Waals surface area contributed by atoms with Gasteiger partial charge in [-0.3, -0.25) is 0 Å². The molecule has 0 spiro atoms. The van der Waals surface area contributed by atoms with Crippen LogP contribution in [0.3, 0.4) is 0 Å². The third-order valence-electron chi connectivity index (χ3n) is 6.00. The summed E-state index contributed by atoms with van der Waals surface area (Å²) in [5.41, 5.74) is 0. The van der Waals surface area contributed by atoms with E-state index in [0.29, 0.717) is 36.2 Å². The van der Waals surface area contributed by atoms with E-state index < -0.39 is 9.84 Å². The van der Waals surface area contributed by atoms with Crippen molar-refractivity contribution in [3.63, 3.8) is 0 Å². The number of pyridine rings is 1. The van der Waals surface area contributed by atoms with Crippen molar-refractivity contribution in [1.29, 1.82) is 0 Å². The number of ether oxygens (including phenoxy) is 1. The molecule has 1 saturated heterocycles. The van der Waals surface area contributed by atoms with Gasteiger partial charge in [0.05, 0.1) is 17.9 Å². The smallest absolute Gasteiger partial charge is 0.266 e. The minimum Gasteiger partial charge on any atom is -0.478 e. The Kier molecular flexibility index (Phi) is 6.03. The molecule has 1 aliphatic carbocycles. The van der Waals surface area contributed by atoms with Gasteiger partial charge in [0, 0.05) is 31.6 Å². The van der Waals surface area contributed by atoms with E-state index in [1.807, 2.05) is 0 Å². The molecule has 2 aliphatic rings. The van der Waals surface area contributed by atoms with Crippen molar-refractivity contribution in [2.45, 2.75) is 37.0 Å². The first-order chi connectivity index (χ1) is 14.4. The molecule has 0 N–H and O–H groups in total. The van der Waals surface area contributed by atoms with Crippen LogP contribution < -0.4 is 9.64 Å². The fourth-order valence-corrected chi connectivity index (χ4v) is 4.78. The van der Waals surface area contributed by atoms with Gasteiger partial charge in [-0.05, 0) is 54.7 Å². The van der Waals surface area contributed by atoms with E-state index in [0.717, 1.165) is 50.8 Å². The molecule has 30 heavy (non-hydrogen) atoms. The molecule has 162 valence electrons. The topological polar surface area (TPSA) is 115 Å². The van der Waals surface area contributed by atoms with Crippen LogP contribution in [0.15, 0.2) is 27.7 Å². The Morgan fingerprint density at radius 3 is 2.77 bits per heavy atom. The summed E-state index contributed by atoms with van der Waals surface area (Å²) < 4.78 is 33.7. The number of nitrogens with zero attached hydrogens (tertiary/aromatic N) is 4. The zero-order valence-electron chi connectivity index (χ0n) is 16.9. The Labute approximate surface area is 175 Å². The van der Waals surface area contributed by atoms with Crippen LogP contribution in [0, 0.1) is 17.8 Å². The molecule has 3 heterocycles. The Balaban J connectivity index is 1.17. The third-order valence-corrected chi connectivity index (χ3v) is 7.09. The molecular weight excluding hydrogens is 408 g/mol. The van der Waals surface area contributed by atoms with Crippen molar-refractivity contribution in [3.8, 4) is 5.88 Å². The van der Waals surface area contributed by atoms with Gasteiger partial charge in [-0.25, -0.2) is 13.4 Å². The molecule has 2 atom stereocenters. The number of anilines is 1. The van der Waals surface area contributed by atoms with Crippen molar-refractivity contribution in [1.82, 2.24) is 15.1 Å². The first-order valence-corrected chi connectivity index (χ1v) is 12.1. The fourth-order valence-electron chi connectivity index (χ4n) is 4.22. The average molecular weight is 435 g/mol. The maximum absolute atomic E-state index is 11.5. The third kappa shape index (κ3) is 4.97. The monoisotopic (exact) mass is 434 g/mol. The van der Waals surface area contributed by atoms with Gasteiger partial charge in [-0.1, -0.05) is 0 Å². The van der Waals surface area contributed by atoms with Gasteiger partial charge < -0.3 is 19.0 Å².